The van der Waals surface area contributed by atoms with E-state index in [1.54, 1.807) is 24.3 Å². The third kappa shape index (κ3) is 9.24. The van der Waals surface area contributed by atoms with Crippen LogP contribution in [-0.4, -0.2) is 79.6 Å². The number of amides is 2. The van der Waals surface area contributed by atoms with Crippen molar-refractivity contribution in [3.63, 3.8) is 0 Å². The number of pyridine rings is 2. The Morgan fingerprint density at radius 1 is 0.727 bits per heavy atom. The van der Waals surface area contributed by atoms with Crippen LogP contribution in [0.5, 0.6) is 11.8 Å². The fraction of sp³-hybridized carbons (Fsp3) is 0.400. The Morgan fingerprint density at radius 3 is 1.51 bits per heavy atom. The van der Waals surface area contributed by atoms with Crippen molar-refractivity contribution in [1.29, 1.82) is 0 Å². The largest absolute Gasteiger partial charge is 0.478 e. The molecular weight excluding hydrogens is 717 g/mol. The first kappa shape index (κ1) is 38.2. The van der Waals surface area contributed by atoms with E-state index >= 15 is 0 Å². The summed E-state index contributed by atoms with van der Waals surface area (Å²) in [7, 11) is 0. The standard InChI is InChI=1S/C20H20F3N3O3.C20H23N3O3/c21-20(22,23)12-28-17-6-1-13(9-24-17)18(27)26-15-4-2-14(3-5-15)19-8-7-16(10-29-19)25-11-19;1-2-25-18-8-3-14(11-21-18)19(24)23-16-6-4-15(5-7-16)20-10-9-17(12-26-20)22-13-20/h1-6,9,16,25H,7-8,10-12H2,(H,26,27);3-8,11,17,22H,2,9-10,12-13H2,1H3,(H,23,24). The zero-order valence-electron chi connectivity index (χ0n) is 30.3. The van der Waals surface area contributed by atoms with E-state index in [9.17, 15) is 22.8 Å². The number of nitrogens with zero attached hydrogens (tertiary/aromatic N) is 2. The molecule has 4 atom stereocenters. The number of piperidine rings is 2. The lowest BCUT2D eigenvalue weighted by Crippen LogP contribution is -2.57. The summed E-state index contributed by atoms with van der Waals surface area (Å²) < 4.78 is 58.5. The lowest BCUT2D eigenvalue weighted by molar-refractivity contribution is -0.154. The van der Waals surface area contributed by atoms with Crippen molar-refractivity contribution in [3.8, 4) is 11.8 Å². The molecule has 2 amide bonds. The number of benzene rings is 2. The number of nitrogens with one attached hydrogen (secondary N) is 4. The van der Waals surface area contributed by atoms with Gasteiger partial charge in [-0.25, -0.2) is 9.97 Å². The highest BCUT2D eigenvalue weighted by Gasteiger charge is 2.43. The van der Waals surface area contributed by atoms with Crippen LogP contribution in [0.25, 0.3) is 0 Å². The van der Waals surface area contributed by atoms with Gasteiger partial charge in [0.15, 0.2) is 6.61 Å². The van der Waals surface area contributed by atoms with Gasteiger partial charge >= 0.3 is 6.18 Å². The molecule has 55 heavy (non-hydrogen) atoms. The van der Waals surface area contributed by atoms with Gasteiger partial charge in [0.05, 0.1) is 30.9 Å². The van der Waals surface area contributed by atoms with E-state index in [1.807, 2.05) is 43.3 Å². The van der Waals surface area contributed by atoms with E-state index < -0.39 is 18.7 Å². The first-order chi connectivity index (χ1) is 26.5. The van der Waals surface area contributed by atoms with Crippen molar-refractivity contribution in [3.05, 3.63) is 107 Å². The quantitative estimate of drug-likeness (QED) is 0.153. The number of hydrogen-bond acceptors (Lipinski definition) is 10. The van der Waals surface area contributed by atoms with Crippen molar-refractivity contribution >= 4 is 23.2 Å². The molecule has 2 aromatic carbocycles. The average molecular weight is 761 g/mol. The van der Waals surface area contributed by atoms with Crippen molar-refractivity contribution in [1.82, 2.24) is 20.6 Å². The van der Waals surface area contributed by atoms with Crippen LogP contribution in [0, 0.1) is 0 Å². The average Bonchev–Trinajstić information content (AvgIpc) is 3.22. The maximum Gasteiger partial charge on any atom is 0.422 e. The summed E-state index contributed by atoms with van der Waals surface area (Å²) in [5, 5.41) is 12.7. The number of hydrogen-bond donors (Lipinski definition) is 4. The Kier molecular flexibility index (Phi) is 11.3. The SMILES string of the molecule is CCOc1ccc(C(=O)Nc2ccc(C34CCC(CO3)NC4)cc2)cn1.O=C(Nc1ccc(C23CCC(CO2)NC3)cc1)c1ccc(OCC(F)(F)F)nc1. The zero-order valence-corrected chi connectivity index (χ0v) is 30.3. The zero-order chi connectivity index (χ0) is 38.5. The third-order valence-electron chi connectivity index (χ3n) is 10.3. The first-order valence-corrected chi connectivity index (χ1v) is 18.3. The van der Waals surface area contributed by atoms with Gasteiger partial charge in [-0.1, -0.05) is 24.3 Å². The topological polar surface area (TPSA) is 145 Å². The molecule has 0 spiro atoms. The van der Waals surface area contributed by atoms with Crippen molar-refractivity contribution < 1.29 is 41.7 Å². The normalized spacial score (nSPS) is 23.9. The number of anilines is 2. The molecule has 0 saturated carbocycles. The van der Waals surface area contributed by atoms with Crippen LogP contribution in [0.1, 0.15) is 64.4 Å². The molecule has 0 aliphatic carbocycles. The fourth-order valence-corrected chi connectivity index (χ4v) is 7.15. The van der Waals surface area contributed by atoms with Gasteiger partial charge in [-0.15, -0.1) is 0 Å². The summed E-state index contributed by atoms with van der Waals surface area (Å²) in [4.78, 5) is 32.6. The van der Waals surface area contributed by atoms with Gasteiger partial charge in [-0.3, -0.25) is 9.59 Å². The Morgan fingerprint density at radius 2 is 1.18 bits per heavy atom. The molecule has 4 bridgehead atoms. The molecule has 0 radical (unpaired) electrons. The summed E-state index contributed by atoms with van der Waals surface area (Å²) >= 11 is 0. The number of halogens is 3. The smallest absolute Gasteiger partial charge is 0.422 e. The molecule has 6 saturated heterocycles. The Hall–Kier alpha value is -5.09. The molecule has 4 aromatic rings. The number of alkyl halides is 3. The molecule has 10 rings (SSSR count). The summed E-state index contributed by atoms with van der Waals surface area (Å²) in [5.41, 5.74) is 3.74. The minimum Gasteiger partial charge on any atom is -0.478 e. The number of fused-ring (bicyclic) bond motifs is 6. The minimum absolute atomic E-state index is 0.192. The highest BCUT2D eigenvalue weighted by atomic mass is 19.4. The van der Waals surface area contributed by atoms with Gasteiger partial charge in [0.2, 0.25) is 11.8 Å². The van der Waals surface area contributed by atoms with Crippen LogP contribution in [0.4, 0.5) is 24.5 Å². The lowest BCUT2D eigenvalue weighted by atomic mass is 9.81. The summed E-state index contributed by atoms with van der Waals surface area (Å²) in [6.07, 6.45) is 2.47. The number of aromatic nitrogens is 2. The van der Waals surface area contributed by atoms with Gasteiger partial charge in [0, 0.05) is 61.1 Å². The van der Waals surface area contributed by atoms with Crippen LogP contribution in [0.2, 0.25) is 0 Å². The monoisotopic (exact) mass is 760 g/mol. The van der Waals surface area contributed by atoms with Crippen LogP contribution in [0.3, 0.4) is 0 Å². The minimum atomic E-state index is -4.44. The maximum absolute atomic E-state index is 12.4. The van der Waals surface area contributed by atoms with E-state index in [-0.39, 0.29) is 28.6 Å². The molecule has 4 N–H and O–H groups in total. The Balaban J connectivity index is 0.000000170. The highest BCUT2D eigenvalue weighted by Crippen LogP contribution is 2.40. The molecule has 6 aliphatic rings. The summed E-state index contributed by atoms with van der Waals surface area (Å²) in [6, 6.07) is 22.4. The lowest BCUT2D eigenvalue weighted by Gasteiger charge is -2.47. The van der Waals surface area contributed by atoms with Gasteiger partial charge in [0.25, 0.3) is 11.8 Å². The summed E-state index contributed by atoms with van der Waals surface area (Å²) in [6.45, 7) is 4.10. The molecule has 15 heteroatoms. The van der Waals surface area contributed by atoms with Crippen LogP contribution in [0.15, 0.2) is 85.2 Å². The number of carbonyl (C=O) groups is 2. The van der Waals surface area contributed by atoms with Crippen molar-refractivity contribution in [2.75, 3.05) is 50.2 Å². The second-order valence-electron chi connectivity index (χ2n) is 14.0. The van der Waals surface area contributed by atoms with E-state index in [0.717, 1.165) is 62.2 Å². The van der Waals surface area contributed by atoms with E-state index in [1.165, 1.54) is 24.5 Å². The number of ether oxygens (including phenoxy) is 4. The predicted molar refractivity (Wildman–Crippen MR) is 197 cm³/mol. The number of carbonyl (C=O) groups excluding carboxylic acids is 2. The Labute approximate surface area is 316 Å². The van der Waals surface area contributed by atoms with Gasteiger partial charge < -0.3 is 40.2 Å². The van der Waals surface area contributed by atoms with Gasteiger partial charge in [0.1, 0.15) is 11.2 Å². The molecule has 12 nitrogen and oxygen atoms in total. The van der Waals surface area contributed by atoms with Crippen LogP contribution in [-0.2, 0) is 20.7 Å². The second kappa shape index (κ2) is 16.3. The Bertz CT molecular complexity index is 1880. The molecule has 6 fully saturated rings. The highest BCUT2D eigenvalue weighted by molar-refractivity contribution is 6.04. The molecule has 4 unspecified atom stereocenters. The third-order valence-corrected chi connectivity index (χ3v) is 10.3. The number of rotatable bonds is 10. The van der Waals surface area contributed by atoms with Crippen molar-refractivity contribution in [2.45, 2.75) is 62.1 Å². The fourth-order valence-electron chi connectivity index (χ4n) is 7.15. The van der Waals surface area contributed by atoms with E-state index in [0.29, 0.717) is 42.4 Å². The van der Waals surface area contributed by atoms with Crippen molar-refractivity contribution in [2.24, 2.45) is 0 Å². The first-order valence-electron chi connectivity index (χ1n) is 18.3. The molecule has 290 valence electrons. The molecular formula is C40H43F3N6O6. The van der Waals surface area contributed by atoms with Crippen LogP contribution < -0.4 is 30.7 Å². The van der Waals surface area contributed by atoms with E-state index in [2.05, 4.69) is 36.0 Å². The van der Waals surface area contributed by atoms with E-state index in [4.69, 9.17) is 14.2 Å². The van der Waals surface area contributed by atoms with Gasteiger partial charge in [-0.05, 0) is 80.1 Å². The van der Waals surface area contributed by atoms with Crippen LogP contribution >= 0.6 is 0 Å². The maximum atomic E-state index is 12.4. The second-order valence-corrected chi connectivity index (χ2v) is 14.0. The molecule has 8 heterocycles. The molecule has 6 aliphatic heterocycles. The van der Waals surface area contributed by atoms with Gasteiger partial charge in [-0.2, -0.15) is 13.2 Å². The number of morpholine rings is 2. The summed E-state index contributed by atoms with van der Waals surface area (Å²) in [5.74, 6) is -0.286. The predicted octanol–water partition coefficient (Wildman–Crippen LogP) is 5.96. The molecule has 2 aromatic heterocycles.